The zero-order valence-corrected chi connectivity index (χ0v) is 24.3. The van der Waals surface area contributed by atoms with Crippen LogP contribution in [0.5, 0.6) is 0 Å². The molecule has 5 atom stereocenters. The molecule has 3 aliphatic rings. The van der Waals surface area contributed by atoms with Crippen molar-refractivity contribution in [3.05, 3.63) is 34.9 Å². The van der Waals surface area contributed by atoms with E-state index in [2.05, 4.69) is 6.92 Å². The van der Waals surface area contributed by atoms with E-state index in [1.54, 1.807) is 0 Å². The molecule has 40 heavy (non-hydrogen) atoms. The second kappa shape index (κ2) is 14.9. The molecule has 7 nitrogen and oxygen atoms in total. The first-order valence-corrected chi connectivity index (χ1v) is 15.6. The molecule has 0 saturated carbocycles. The topological polar surface area (TPSA) is 96.0 Å². The summed E-state index contributed by atoms with van der Waals surface area (Å²) in [5, 5.41) is 0. The summed E-state index contributed by atoms with van der Waals surface area (Å²) in [6.07, 6.45) is 16.8. The zero-order chi connectivity index (χ0) is 28.5. The number of esters is 4. The van der Waals surface area contributed by atoms with Gasteiger partial charge in [-0.3, -0.25) is 19.2 Å². The van der Waals surface area contributed by atoms with Gasteiger partial charge in [-0.15, -0.1) is 0 Å². The first kappa shape index (κ1) is 30.4. The van der Waals surface area contributed by atoms with Crippen LogP contribution in [0.2, 0.25) is 0 Å². The van der Waals surface area contributed by atoms with E-state index in [9.17, 15) is 19.2 Å². The molecule has 4 rings (SSSR count). The lowest BCUT2D eigenvalue weighted by Gasteiger charge is -2.40. The first-order chi connectivity index (χ1) is 19.4. The standard InChI is InChI=1S/C33H46O7/c1-3-4-5-6-7-8-9-10-11-12-13-14-15-16-19-38-30-27(25-21-26(34)39-31(25)35)23-18-17-22(2)20-24(23)28-29(30)33(37)40-32(28)36/h17-18,20,25,27-30H,3-16,19,21H2,1-2H3. The van der Waals surface area contributed by atoms with Gasteiger partial charge >= 0.3 is 23.9 Å². The summed E-state index contributed by atoms with van der Waals surface area (Å²) in [6.45, 7) is 4.59. The van der Waals surface area contributed by atoms with Crippen molar-refractivity contribution in [1.82, 2.24) is 0 Å². The third kappa shape index (κ3) is 7.39. The fourth-order valence-corrected chi connectivity index (χ4v) is 6.76. The average molecular weight is 555 g/mol. The van der Waals surface area contributed by atoms with Gasteiger partial charge < -0.3 is 14.2 Å². The molecule has 0 spiro atoms. The maximum Gasteiger partial charge on any atom is 0.322 e. The maximum absolute atomic E-state index is 12.9. The van der Waals surface area contributed by atoms with E-state index in [0.717, 1.165) is 30.4 Å². The van der Waals surface area contributed by atoms with Crippen LogP contribution in [0.4, 0.5) is 0 Å². The molecule has 1 aliphatic carbocycles. The summed E-state index contributed by atoms with van der Waals surface area (Å²) < 4.78 is 16.3. The van der Waals surface area contributed by atoms with Crippen LogP contribution >= 0.6 is 0 Å². The van der Waals surface area contributed by atoms with E-state index in [0.29, 0.717) is 12.2 Å². The number of rotatable bonds is 17. The normalized spacial score (nSPS) is 25.6. The van der Waals surface area contributed by atoms with Crippen LogP contribution in [-0.2, 0) is 33.4 Å². The fourth-order valence-electron chi connectivity index (χ4n) is 6.76. The molecule has 0 amide bonds. The van der Waals surface area contributed by atoms with Crippen molar-refractivity contribution in [3.8, 4) is 0 Å². The Labute approximate surface area is 238 Å². The SMILES string of the molecule is CCCCCCCCCCCCCCCCOC1C2C(=O)OC(=O)C2c2cc(C)ccc2C1C1CC(=O)OC1=O. The number of cyclic esters (lactones) is 4. The molecule has 2 saturated heterocycles. The van der Waals surface area contributed by atoms with Crippen molar-refractivity contribution in [2.45, 2.75) is 128 Å². The molecule has 5 unspecified atom stereocenters. The smallest absolute Gasteiger partial charge is 0.322 e. The Morgan fingerprint density at radius 1 is 0.700 bits per heavy atom. The minimum Gasteiger partial charge on any atom is -0.393 e. The Balaban J connectivity index is 1.27. The van der Waals surface area contributed by atoms with Crippen LogP contribution in [0.25, 0.3) is 0 Å². The van der Waals surface area contributed by atoms with Gasteiger partial charge in [-0.1, -0.05) is 114 Å². The fraction of sp³-hybridized carbons (Fsp3) is 0.697. The van der Waals surface area contributed by atoms with Crippen molar-refractivity contribution < 1.29 is 33.4 Å². The van der Waals surface area contributed by atoms with Crippen molar-refractivity contribution in [3.63, 3.8) is 0 Å². The summed E-state index contributed by atoms with van der Waals surface area (Å²) in [4.78, 5) is 50.3. The number of benzene rings is 1. The van der Waals surface area contributed by atoms with Crippen LogP contribution in [0.3, 0.4) is 0 Å². The Bertz CT molecular complexity index is 1050. The minimum atomic E-state index is -0.832. The summed E-state index contributed by atoms with van der Waals surface area (Å²) >= 11 is 0. The molecule has 7 heteroatoms. The highest BCUT2D eigenvalue weighted by atomic mass is 16.6. The van der Waals surface area contributed by atoms with E-state index in [1.165, 1.54) is 70.6 Å². The molecule has 2 aliphatic heterocycles. The third-order valence-corrected chi connectivity index (χ3v) is 8.88. The van der Waals surface area contributed by atoms with Crippen LogP contribution in [0.1, 0.15) is 132 Å². The average Bonchev–Trinajstić information content (AvgIpc) is 3.42. The van der Waals surface area contributed by atoms with Crippen molar-refractivity contribution in [1.29, 1.82) is 0 Å². The summed E-state index contributed by atoms with van der Waals surface area (Å²) in [7, 11) is 0. The van der Waals surface area contributed by atoms with Gasteiger partial charge in [-0.2, -0.15) is 0 Å². The number of hydrogen-bond donors (Lipinski definition) is 0. The minimum absolute atomic E-state index is 0.0596. The van der Waals surface area contributed by atoms with Gasteiger partial charge in [-0.05, 0) is 24.5 Å². The quantitative estimate of drug-likeness (QED) is 0.118. The molecule has 0 aromatic heterocycles. The van der Waals surface area contributed by atoms with Gasteiger partial charge in [0.15, 0.2) is 0 Å². The van der Waals surface area contributed by atoms with Crippen molar-refractivity contribution >= 4 is 23.9 Å². The van der Waals surface area contributed by atoms with E-state index in [-0.39, 0.29) is 6.42 Å². The molecular weight excluding hydrogens is 508 g/mol. The highest BCUT2D eigenvalue weighted by Crippen LogP contribution is 2.52. The Morgan fingerprint density at radius 2 is 1.30 bits per heavy atom. The highest BCUT2D eigenvalue weighted by Gasteiger charge is 2.59. The molecule has 2 heterocycles. The highest BCUT2D eigenvalue weighted by molar-refractivity contribution is 6.01. The van der Waals surface area contributed by atoms with E-state index in [4.69, 9.17) is 14.2 Å². The molecular formula is C33H46O7. The van der Waals surface area contributed by atoms with Gasteiger partial charge in [0.2, 0.25) is 0 Å². The van der Waals surface area contributed by atoms with E-state index >= 15 is 0 Å². The predicted molar refractivity (Wildman–Crippen MR) is 151 cm³/mol. The van der Waals surface area contributed by atoms with Crippen LogP contribution in [0, 0.1) is 18.8 Å². The van der Waals surface area contributed by atoms with Crippen molar-refractivity contribution in [2.24, 2.45) is 11.8 Å². The summed E-state index contributed by atoms with van der Waals surface area (Å²) in [5.41, 5.74) is 2.39. The van der Waals surface area contributed by atoms with Gasteiger partial charge in [0.1, 0.15) is 5.92 Å². The predicted octanol–water partition coefficient (Wildman–Crippen LogP) is 6.83. The molecule has 0 N–H and O–H groups in total. The zero-order valence-electron chi connectivity index (χ0n) is 24.3. The Morgan fingerprint density at radius 3 is 1.88 bits per heavy atom. The summed E-state index contributed by atoms with van der Waals surface area (Å²) in [6, 6.07) is 5.69. The third-order valence-electron chi connectivity index (χ3n) is 8.88. The Kier molecular flexibility index (Phi) is 11.3. The number of unbranched alkanes of at least 4 members (excludes halogenated alkanes) is 13. The lowest BCUT2D eigenvalue weighted by Crippen LogP contribution is -2.45. The van der Waals surface area contributed by atoms with Crippen LogP contribution in [0.15, 0.2) is 18.2 Å². The molecule has 2 fully saturated rings. The second-order valence-electron chi connectivity index (χ2n) is 11.9. The molecule has 1 aromatic carbocycles. The van der Waals surface area contributed by atoms with Gasteiger partial charge in [0.25, 0.3) is 0 Å². The molecule has 0 bridgehead atoms. The monoisotopic (exact) mass is 554 g/mol. The number of carbonyl (C=O) groups excluding carboxylic acids is 4. The lowest BCUT2D eigenvalue weighted by molar-refractivity contribution is -0.158. The molecule has 1 aromatic rings. The number of ether oxygens (including phenoxy) is 3. The number of fused-ring (bicyclic) bond motifs is 3. The van der Waals surface area contributed by atoms with Crippen LogP contribution in [-0.4, -0.2) is 36.6 Å². The number of carbonyl (C=O) groups is 4. The first-order valence-electron chi connectivity index (χ1n) is 15.6. The largest absolute Gasteiger partial charge is 0.393 e. The van der Waals surface area contributed by atoms with Gasteiger partial charge in [-0.25, -0.2) is 0 Å². The van der Waals surface area contributed by atoms with Crippen LogP contribution < -0.4 is 0 Å². The number of hydrogen-bond acceptors (Lipinski definition) is 7. The number of aryl methyl sites for hydroxylation is 1. The van der Waals surface area contributed by atoms with E-state index in [1.807, 2.05) is 25.1 Å². The lowest BCUT2D eigenvalue weighted by atomic mass is 9.65. The molecule has 0 radical (unpaired) electrons. The molecule has 220 valence electrons. The summed E-state index contributed by atoms with van der Waals surface area (Å²) in [5.74, 6) is -5.24. The Hall–Kier alpha value is -2.54. The second-order valence-corrected chi connectivity index (χ2v) is 11.9. The van der Waals surface area contributed by atoms with Gasteiger partial charge in [0, 0.05) is 12.5 Å². The van der Waals surface area contributed by atoms with Crippen molar-refractivity contribution in [2.75, 3.05) is 6.61 Å². The van der Waals surface area contributed by atoms with Gasteiger partial charge in [0.05, 0.1) is 24.4 Å². The van der Waals surface area contributed by atoms with E-state index < -0.39 is 53.7 Å². The maximum atomic E-state index is 12.9.